The number of carbonyl (C=O) groups is 2. The zero-order chi connectivity index (χ0) is 23.4. The topological polar surface area (TPSA) is 92.1 Å². The van der Waals surface area contributed by atoms with Gasteiger partial charge < -0.3 is 19.6 Å². The third kappa shape index (κ3) is 4.72. The molecule has 0 aliphatic heterocycles. The Morgan fingerprint density at radius 2 is 1.79 bits per heavy atom. The van der Waals surface area contributed by atoms with Crippen molar-refractivity contribution >= 4 is 11.9 Å². The summed E-state index contributed by atoms with van der Waals surface area (Å²) in [5.41, 5.74) is 11.8. The minimum absolute atomic E-state index is 0.221. The fourth-order valence-corrected chi connectivity index (χ4v) is 3.94. The van der Waals surface area contributed by atoms with Crippen LogP contribution in [0.4, 0.5) is 0 Å². The van der Waals surface area contributed by atoms with Gasteiger partial charge in [0.05, 0.1) is 18.6 Å². The zero-order valence-corrected chi connectivity index (χ0v) is 18.7. The molecular weight excluding hydrogens is 416 g/mol. The molecule has 0 unspecified atom stereocenters. The van der Waals surface area contributed by atoms with E-state index in [-0.39, 0.29) is 5.97 Å². The number of imidazole rings is 1. The molecule has 7 nitrogen and oxygen atoms in total. The molecule has 0 radical (unpaired) electrons. The number of ether oxygens (including phenoxy) is 1. The normalized spacial score (nSPS) is 10.8. The van der Waals surface area contributed by atoms with Crippen LogP contribution in [0.25, 0.3) is 22.6 Å². The molecule has 0 aliphatic rings. The quantitative estimate of drug-likeness (QED) is 0.413. The molecule has 0 spiro atoms. The zero-order valence-electron chi connectivity index (χ0n) is 18.7. The number of amides is 1. The van der Waals surface area contributed by atoms with Crippen molar-refractivity contribution in [3.8, 4) is 22.6 Å². The number of aromatic nitrogens is 3. The van der Waals surface area contributed by atoms with Crippen LogP contribution in [0.15, 0.2) is 73.4 Å². The molecule has 0 fully saturated rings. The Morgan fingerprint density at radius 1 is 1.03 bits per heavy atom. The lowest BCUT2D eigenvalue weighted by molar-refractivity contribution is -0.143. The van der Waals surface area contributed by atoms with Gasteiger partial charge in [0.15, 0.2) is 0 Å². The van der Waals surface area contributed by atoms with Crippen LogP contribution in [-0.4, -0.2) is 32.6 Å². The summed E-state index contributed by atoms with van der Waals surface area (Å²) in [4.78, 5) is 27.7. The van der Waals surface area contributed by atoms with Gasteiger partial charge in [0.1, 0.15) is 0 Å². The van der Waals surface area contributed by atoms with Gasteiger partial charge in [-0.2, -0.15) is 0 Å². The van der Waals surface area contributed by atoms with Crippen molar-refractivity contribution in [3.63, 3.8) is 0 Å². The summed E-state index contributed by atoms with van der Waals surface area (Å²) in [5.74, 6) is -0.681. The lowest BCUT2D eigenvalue weighted by Gasteiger charge is -2.15. The standard InChI is InChI=1S/C26H26N4O3/c1-3-33-24(31)11-5-19-12-14-30(22-8-6-21(7-9-22)29-15-13-28-17-29)25(19)23-10-4-20(26(27)32)16-18(23)2/h4,6-10,12-17H,3,5,11H2,1-2H3,(H2,27,32). The largest absolute Gasteiger partial charge is 0.466 e. The summed E-state index contributed by atoms with van der Waals surface area (Å²) in [6.07, 6.45) is 8.24. The molecule has 2 heterocycles. The fourth-order valence-electron chi connectivity index (χ4n) is 3.94. The Hall–Kier alpha value is -4.13. The lowest BCUT2D eigenvalue weighted by atomic mass is 9.98. The van der Waals surface area contributed by atoms with Crippen molar-refractivity contribution in [2.24, 2.45) is 5.73 Å². The number of hydrogen-bond donors (Lipinski definition) is 1. The van der Waals surface area contributed by atoms with Gasteiger partial charge in [0.25, 0.3) is 0 Å². The Balaban J connectivity index is 1.76. The van der Waals surface area contributed by atoms with E-state index in [2.05, 4.69) is 9.55 Å². The number of primary amides is 1. The van der Waals surface area contributed by atoms with Crippen molar-refractivity contribution in [3.05, 3.63) is 90.1 Å². The predicted octanol–water partition coefficient (Wildman–Crippen LogP) is 4.23. The van der Waals surface area contributed by atoms with Gasteiger partial charge in [0.2, 0.25) is 5.91 Å². The smallest absolute Gasteiger partial charge is 0.306 e. The van der Waals surface area contributed by atoms with E-state index in [1.807, 2.05) is 60.3 Å². The van der Waals surface area contributed by atoms with Gasteiger partial charge in [-0.25, -0.2) is 4.98 Å². The molecule has 0 saturated carbocycles. The third-order valence-corrected chi connectivity index (χ3v) is 5.57. The summed E-state index contributed by atoms with van der Waals surface area (Å²) in [7, 11) is 0. The minimum Gasteiger partial charge on any atom is -0.466 e. The molecule has 0 atom stereocenters. The first kappa shape index (κ1) is 22.1. The van der Waals surface area contributed by atoms with Crippen molar-refractivity contribution in [2.75, 3.05) is 6.61 Å². The number of aryl methyl sites for hydroxylation is 2. The van der Waals surface area contributed by atoms with Crippen LogP contribution in [0.5, 0.6) is 0 Å². The van der Waals surface area contributed by atoms with Crippen LogP contribution in [0.3, 0.4) is 0 Å². The van der Waals surface area contributed by atoms with E-state index in [4.69, 9.17) is 10.5 Å². The van der Waals surface area contributed by atoms with Crippen LogP contribution >= 0.6 is 0 Å². The third-order valence-electron chi connectivity index (χ3n) is 5.57. The van der Waals surface area contributed by atoms with E-state index < -0.39 is 5.91 Å². The summed E-state index contributed by atoms with van der Waals surface area (Å²) in [6, 6.07) is 15.6. The number of nitrogens with two attached hydrogens (primary N) is 1. The highest BCUT2D eigenvalue weighted by atomic mass is 16.5. The van der Waals surface area contributed by atoms with E-state index in [0.29, 0.717) is 25.0 Å². The average Bonchev–Trinajstić information content (AvgIpc) is 3.48. The monoisotopic (exact) mass is 442 g/mol. The van der Waals surface area contributed by atoms with Gasteiger partial charge in [-0.15, -0.1) is 0 Å². The number of nitrogens with zero attached hydrogens (tertiary/aromatic N) is 3. The lowest BCUT2D eigenvalue weighted by Crippen LogP contribution is -2.11. The second-order valence-electron chi connectivity index (χ2n) is 7.74. The first-order valence-electron chi connectivity index (χ1n) is 10.8. The average molecular weight is 443 g/mol. The second kappa shape index (κ2) is 9.56. The van der Waals surface area contributed by atoms with Crippen molar-refractivity contribution in [1.82, 2.24) is 14.1 Å². The molecule has 2 aromatic carbocycles. The number of esters is 1. The van der Waals surface area contributed by atoms with Crippen LogP contribution in [0, 0.1) is 6.92 Å². The van der Waals surface area contributed by atoms with Crippen LogP contribution in [0.1, 0.15) is 34.8 Å². The highest BCUT2D eigenvalue weighted by molar-refractivity contribution is 5.93. The number of benzene rings is 2. The van der Waals surface area contributed by atoms with Crippen LogP contribution < -0.4 is 5.73 Å². The van der Waals surface area contributed by atoms with Gasteiger partial charge in [0, 0.05) is 47.5 Å². The maximum absolute atomic E-state index is 12.0. The molecule has 7 heteroatoms. The van der Waals surface area contributed by atoms with E-state index in [1.54, 1.807) is 31.6 Å². The Morgan fingerprint density at radius 3 is 2.42 bits per heavy atom. The number of rotatable bonds is 8. The van der Waals surface area contributed by atoms with Crippen molar-refractivity contribution in [2.45, 2.75) is 26.7 Å². The van der Waals surface area contributed by atoms with E-state index in [9.17, 15) is 9.59 Å². The molecular formula is C26H26N4O3. The SMILES string of the molecule is CCOC(=O)CCc1ccn(-c2ccc(-n3ccnc3)cc2)c1-c1ccc(C(N)=O)cc1C. The predicted molar refractivity (Wildman–Crippen MR) is 127 cm³/mol. The molecule has 33 heavy (non-hydrogen) atoms. The van der Waals surface area contributed by atoms with Gasteiger partial charge in [-0.1, -0.05) is 6.07 Å². The van der Waals surface area contributed by atoms with E-state index in [1.165, 1.54) is 0 Å². The van der Waals surface area contributed by atoms with Gasteiger partial charge >= 0.3 is 5.97 Å². The maximum atomic E-state index is 12.0. The summed E-state index contributed by atoms with van der Waals surface area (Å²) in [6.45, 7) is 4.12. The first-order chi connectivity index (χ1) is 16.0. The Labute approximate surface area is 192 Å². The molecule has 0 bridgehead atoms. The Bertz CT molecular complexity index is 1270. The fraction of sp³-hybridized carbons (Fsp3) is 0.192. The molecule has 168 valence electrons. The minimum atomic E-state index is -0.461. The molecule has 2 N–H and O–H groups in total. The Kier molecular flexibility index (Phi) is 6.40. The molecule has 1 amide bonds. The van der Waals surface area contributed by atoms with E-state index >= 15 is 0 Å². The summed E-state index contributed by atoms with van der Waals surface area (Å²) in [5, 5.41) is 0. The van der Waals surface area contributed by atoms with E-state index in [0.717, 1.165) is 33.8 Å². The van der Waals surface area contributed by atoms with Crippen LogP contribution in [-0.2, 0) is 16.0 Å². The highest BCUT2D eigenvalue weighted by Crippen LogP contribution is 2.32. The van der Waals surface area contributed by atoms with Gasteiger partial charge in [-0.3, -0.25) is 9.59 Å². The van der Waals surface area contributed by atoms with Gasteiger partial charge in [-0.05, 0) is 73.9 Å². The summed E-state index contributed by atoms with van der Waals surface area (Å²) < 4.78 is 9.15. The molecule has 4 aromatic rings. The molecule has 0 saturated heterocycles. The number of carbonyl (C=O) groups excluding carboxylic acids is 2. The van der Waals surface area contributed by atoms with Crippen molar-refractivity contribution < 1.29 is 14.3 Å². The highest BCUT2D eigenvalue weighted by Gasteiger charge is 2.17. The number of hydrogen-bond acceptors (Lipinski definition) is 4. The van der Waals surface area contributed by atoms with Crippen molar-refractivity contribution in [1.29, 1.82) is 0 Å². The first-order valence-corrected chi connectivity index (χ1v) is 10.8. The molecule has 4 rings (SSSR count). The summed E-state index contributed by atoms with van der Waals surface area (Å²) >= 11 is 0. The molecule has 0 aliphatic carbocycles. The second-order valence-corrected chi connectivity index (χ2v) is 7.74. The maximum Gasteiger partial charge on any atom is 0.306 e. The molecule has 2 aromatic heterocycles. The van der Waals surface area contributed by atoms with Crippen LogP contribution in [0.2, 0.25) is 0 Å².